The average molecular weight is 469 g/mol. The van der Waals surface area contributed by atoms with Gasteiger partial charge in [0.25, 0.3) is 0 Å². The molecule has 4 heteroatoms. The molecule has 0 aliphatic rings. The normalized spacial score (nSPS) is 9.10. The zero-order valence-electron chi connectivity index (χ0n) is 23.7. The van der Waals surface area contributed by atoms with Crippen LogP contribution in [-0.4, -0.2) is 53.2 Å². The quantitative estimate of drug-likeness (QED) is 0.199. The lowest BCUT2D eigenvalue weighted by atomic mass is 10.2. The lowest BCUT2D eigenvalue weighted by Crippen LogP contribution is -1.86. The van der Waals surface area contributed by atoms with Crippen LogP contribution in [-0.2, 0) is 14.2 Å². The SMILES string of the molecule is CC.CCCCCCOC.CCCCCCSC.CCCCCOC.CCCCOC. The molecule has 3 nitrogen and oxygen atoms in total. The molecular weight excluding hydrogens is 404 g/mol. The molecule has 0 aromatic heterocycles. The molecular formula is C27H64O3S. The number of hydrogen-bond donors (Lipinski definition) is 0. The van der Waals surface area contributed by atoms with Gasteiger partial charge in [-0.15, -0.1) is 0 Å². The molecule has 0 unspecified atom stereocenters. The van der Waals surface area contributed by atoms with Gasteiger partial charge in [-0.05, 0) is 37.7 Å². The second kappa shape index (κ2) is 57.3. The van der Waals surface area contributed by atoms with Crippen molar-refractivity contribution in [1.82, 2.24) is 0 Å². The fourth-order valence-corrected chi connectivity index (χ4v) is 2.62. The van der Waals surface area contributed by atoms with Gasteiger partial charge >= 0.3 is 0 Å². The molecule has 31 heavy (non-hydrogen) atoms. The van der Waals surface area contributed by atoms with Crippen LogP contribution in [0.5, 0.6) is 0 Å². The predicted octanol–water partition coefficient (Wildman–Crippen LogP) is 9.42. The molecule has 0 rings (SSSR count). The molecule has 0 saturated carbocycles. The molecule has 196 valence electrons. The van der Waals surface area contributed by atoms with E-state index in [4.69, 9.17) is 14.2 Å². The molecule has 0 saturated heterocycles. The number of hydrogen-bond acceptors (Lipinski definition) is 4. The van der Waals surface area contributed by atoms with Gasteiger partial charge in [-0.25, -0.2) is 0 Å². The van der Waals surface area contributed by atoms with E-state index >= 15 is 0 Å². The largest absolute Gasteiger partial charge is 0.385 e. The Labute approximate surface area is 204 Å². The van der Waals surface area contributed by atoms with Gasteiger partial charge in [0, 0.05) is 41.2 Å². The van der Waals surface area contributed by atoms with Crippen molar-refractivity contribution in [3.05, 3.63) is 0 Å². The minimum atomic E-state index is 0.913. The molecule has 0 fully saturated rings. The first-order valence-electron chi connectivity index (χ1n) is 13.1. The summed E-state index contributed by atoms with van der Waals surface area (Å²) in [6.45, 7) is 15.6. The fraction of sp³-hybridized carbons (Fsp3) is 1.00. The van der Waals surface area contributed by atoms with Crippen molar-refractivity contribution in [1.29, 1.82) is 0 Å². The van der Waals surface area contributed by atoms with Crippen molar-refractivity contribution < 1.29 is 14.2 Å². The highest BCUT2D eigenvalue weighted by Gasteiger charge is 1.84. The molecule has 0 aliphatic heterocycles. The Balaban J connectivity index is -0.0000000947. The standard InChI is InChI=1S/C7H16O.C7H16S.C6H14O.C5H12O.C2H6/c2*1-3-4-5-6-7-8-2;1-3-4-5-6-7-2;1-3-4-5-6-2;1-2/h2*3-7H2,1-2H3;3-6H2,1-2H3;3-5H2,1-2H3;1-2H3. The first-order chi connectivity index (χ1) is 15.2. The highest BCUT2D eigenvalue weighted by Crippen LogP contribution is 2.03. The summed E-state index contributed by atoms with van der Waals surface area (Å²) in [6.07, 6.45) is 19.2. The van der Waals surface area contributed by atoms with E-state index in [1.165, 1.54) is 89.2 Å². The summed E-state index contributed by atoms with van der Waals surface area (Å²) in [6, 6.07) is 0. The number of rotatable bonds is 17. The second-order valence-electron chi connectivity index (χ2n) is 7.15. The Bertz CT molecular complexity index is 173. The summed E-state index contributed by atoms with van der Waals surface area (Å²) >= 11 is 1.95. The Morgan fingerprint density at radius 3 is 1.10 bits per heavy atom. The van der Waals surface area contributed by atoms with Crippen LogP contribution in [0.3, 0.4) is 0 Å². The van der Waals surface area contributed by atoms with Crippen LogP contribution in [0, 0.1) is 0 Å². The Morgan fingerprint density at radius 1 is 0.452 bits per heavy atom. The number of ether oxygens (including phenoxy) is 3. The van der Waals surface area contributed by atoms with E-state index in [1.807, 2.05) is 25.6 Å². The molecule has 0 amide bonds. The summed E-state index contributed by atoms with van der Waals surface area (Å²) in [4.78, 5) is 0. The summed E-state index contributed by atoms with van der Waals surface area (Å²) in [7, 11) is 5.23. The van der Waals surface area contributed by atoms with Gasteiger partial charge in [0.2, 0.25) is 0 Å². The van der Waals surface area contributed by atoms with Crippen LogP contribution < -0.4 is 0 Å². The lowest BCUT2D eigenvalue weighted by Gasteiger charge is -1.95. The molecule has 0 radical (unpaired) electrons. The third-order valence-electron chi connectivity index (χ3n) is 4.06. The van der Waals surface area contributed by atoms with Crippen molar-refractivity contribution in [2.45, 2.75) is 125 Å². The van der Waals surface area contributed by atoms with Crippen molar-refractivity contribution in [2.75, 3.05) is 53.2 Å². The van der Waals surface area contributed by atoms with Gasteiger partial charge in [-0.2, -0.15) is 11.8 Å². The monoisotopic (exact) mass is 468 g/mol. The van der Waals surface area contributed by atoms with Gasteiger partial charge in [-0.3, -0.25) is 0 Å². The minimum Gasteiger partial charge on any atom is -0.385 e. The van der Waals surface area contributed by atoms with Crippen molar-refractivity contribution >= 4 is 11.8 Å². The van der Waals surface area contributed by atoms with Gasteiger partial charge in [0.05, 0.1) is 0 Å². The van der Waals surface area contributed by atoms with E-state index in [0.29, 0.717) is 0 Å². The Morgan fingerprint density at radius 2 is 0.774 bits per heavy atom. The fourth-order valence-electron chi connectivity index (χ4n) is 2.13. The zero-order chi connectivity index (χ0) is 24.8. The van der Waals surface area contributed by atoms with E-state index in [9.17, 15) is 0 Å². The highest BCUT2D eigenvalue weighted by molar-refractivity contribution is 7.98. The molecule has 0 aromatic carbocycles. The molecule has 0 bridgehead atoms. The minimum absolute atomic E-state index is 0.913. The smallest absolute Gasteiger partial charge is 0.0462 e. The number of unbranched alkanes of at least 4 members (excludes halogenated alkanes) is 9. The first kappa shape index (κ1) is 41.5. The van der Waals surface area contributed by atoms with Crippen LogP contribution in [0.4, 0.5) is 0 Å². The molecule has 0 N–H and O–H groups in total. The first-order valence-corrected chi connectivity index (χ1v) is 14.5. The average Bonchev–Trinajstić information content (AvgIpc) is 2.81. The van der Waals surface area contributed by atoms with Gasteiger partial charge in [0.1, 0.15) is 0 Å². The Hall–Kier alpha value is 0.230. The molecule has 0 aromatic rings. The van der Waals surface area contributed by atoms with Crippen molar-refractivity contribution in [3.63, 3.8) is 0 Å². The van der Waals surface area contributed by atoms with E-state index in [2.05, 4.69) is 34.0 Å². The zero-order valence-corrected chi connectivity index (χ0v) is 24.5. The summed E-state index contributed by atoms with van der Waals surface area (Å²) in [5.41, 5.74) is 0. The van der Waals surface area contributed by atoms with Crippen LogP contribution in [0.15, 0.2) is 0 Å². The summed E-state index contributed by atoms with van der Waals surface area (Å²) in [5, 5.41) is 0. The van der Waals surface area contributed by atoms with Gasteiger partial charge in [-0.1, -0.05) is 99.3 Å². The van der Waals surface area contributed by atoms with E-state index in [0.717, 1.165) is 19.8 Å². The van der Waals surface area contributed by atoms with Crippen LogP contribution in [0.25, 0.3) is 0 Å². The summed E-state index contributed by atoms with van der Waals surface area (Å²) in [5.74, 6) is 1.35. The van der Waals surface area contributed by atoms with Crippen LogP contribution in [0.2, 0.25) is 0 Å². The van der Waals surface area contributed by atoms with E-state index in [1.54, 1.807) is 21.3 Å². The molecule has 0 atom stereocenters. The number of thioether (sulfide) groups is 1. The van der Waals surface area contributed by atoms with E-state index < -0.39 is 0 Å². The maximum Gasteiger partial charge on any atom is 0.0462 e. The van der Waals surface area contributed by atoms with Crippen LogP contribution in [0.1, 0.15) is 125 Å². The third-order valence-corrected chi connectivity index (χ3v) is 4.75. The maximum atomic E-state index is 4.89. The van der Waals surface area contributed by atoms with Crippen molar-refractivity contribution in [3.8, 4) is 0 Å². The predicted molar refractivity (Wildman–Crippen MR) is 148 cm³/mol. The second-order valence-corrected chi connectivity index (χ2v) is 8.14. The molecule has 0 heterocycles. The third kappa shape index (κ3) is 81.2. The van der Waals surface area contributed by atoms with E-state index in [-0.39, 0.29) is 0 Å². The molecule has 0 aliphatic carbocycles. The van der Waals surface area contributed by atoms with Gasteiger partial charge in [0.15, 0.2) is 0 Å². The summed E-state index contributed by atoms with van der Waals surface area (Å²) < 4.78 is 14.5. The number of methoxy groups -OCH3 is 3. The maximum absolute atomic E-state index is 4.89. The lowest BCUT2D eigenvalue weighted by molar-refractivity contribution is 0.192. The van der Waals surface area contributed by atoms with Gasteiger partial charge < -0.3 is 14.2 Å². The van der Waals surface area contributed by atoms with Crippen LogP contribution >= 0.6 is 11.8 Å². The topological polar surface area (TPSA) is 27.7 Å². The molecule has 0 spiro atoms. The highest BCUT2D eigenvalue weighted by atomic mass is 32.2. The van der Waals surface area contributed by atoms with Crippen molar-refractivity contribution in [2.24, 2.45) is 0 Å². The Kier molecular flexibility index (Phi) is 76.7.